The predicted octanol–water partition coefficient (Wildman–Crippen LogP) is 6.77. The van der Waals surface area contributed by atoms with Crippen LogP contribution < -0.4 is 4.74 Å². The Balaban J connectivity index is 1.69. The molecule has 0 bridgehead atoms. The van der Waals surface area contributed by atoms with Crippen molar-refractivity contribution >= 4 is 49.9 Å². The lowest BCUT2D eigenvalue weighted by molar-refractivity contribution is 0.0734. The van der Waals surface area contributed by atoms with Crippen molar-refractivity contribution in [1.29, 1.82) is 0 Å². The summed E-state index contributed by atoms with van der Waals surface area (Å²) < 4.78 is 5.74. The lowest BCUT2D eigenvalue weighted by Gasteiger charge is -2.15. The van der Waals surface area contributed by atoms with Crippen molar-refractivity contribution in [1.82, 2.24) is 0 Å². The summed E-state index contributed by atoms with van der Waals surface area (Å²) in [6, 6.07) is 23.5. The van der Waals surface area contributed by atoms with Gasteiger partial charge in [0.1, 0.15) is 5.75 Å². The van der Waals surface area contributed by atoms with Crippen LogP contribution in [-0.4, -0.2) is 5.97 Å². The highest BCUT2D eigenvalue weighted by molar-refractivity contribution is 6.31. The molecule has 0 aromatic heterocycles. The number of benzene rings is 5. The van der Waals surface area contributed by atoms with Gasteiger partial charge in [0.25, 0.3) is 0 Å². The van der Waals surface area contributed by atoms with Gasteiger partial charge in [-0.25, -0.2) is 4.79 Å². The molecule has 0 aliphatic carbocycles. The lowest BCUT2D eigenvalue weighted by atomic mass is 9.92. The van der Waals surface area contributed by atoms with Crippen LogP contribution in [0.5, 0.6) is 5.75 Å². The molecule has 0 fully saturated rings. The third-order valence-electron chi connectivity index (χ3n) is 5.13. The van der Waals surface area contributed by atoms with Gasteiger partial charge in [0, 0.05) is 5.02 Å². The second kappa shape index (κ2) is 5.97. The van der Waals surface area contributed by atoms with E-state index in [1.165, 1.54) is 21.5 Å². The van der Waals surface area contributed by atoms with Crippen molar-refractivity contribution in [2.24, 2.45) is 0 Å². The number of aryl methyl sites for hydroxylation is 1. The Bertz CT molecular complexity index is 1320. The summed E-state index contributed by atoms with van der Waals surface area (Å²) in [6.45, 7) is 1.99. The minimum atomic E-state index is -0.409. The van der Waals surface area contributed by atoms with E-state index in [4.69, 9.17) is 16.3 Å². The standard InChI is InChI=1S/C24H15ClO2/c1-14-20-11-10-16-5-2-4-15-8-9-17(23(20)22(15)16)13-21(14)27-24(26)18-6-3-7-19(25)12-18/h2-13H,1H3. The molecule has 5 rings (SSSR count). The first-order valence-electron chi connectivity index (χ1n) is 8.77. The third-order valence-corrected chi connectivity index (χ3v) is 5.37. The van der Waals surface area contributed by atoms with Crippen LogP contribution in [0, 0.1) is 6.92 Å². The molecule has 3 heteroatoms. The fourth-order valence-electron chi connectivity index (χ4n) is 3.80. The third kappa shape index (κ3) is 2.53. The highest BCUT2D eigenvalue weighted by Crippen LogP contribution is 2.39. The molecule has 0 heterocycles. The fourth-order valence-corrected chi connectivity index (χ4v) is 3.99. The summed E-state index contributed by atoms with van der Waals surface area (Å²) in [5, 5.41) is 7.58. The van der Waals surface area contributed by atoms with Gasteiger partial charge >= 0.3 is 5.97 Å². The first-order valence-corrected chi connectivity index (χ1v) is 9.14. The van der Waals surface area contributed by atoms with Crippen LogP contribution in [0.1, 0.15) is 15.9 Å². The van der Waals surface area contributed by atoms with E-state index in [1.807, 2.05) is 13.0 Å². The van der Waals surface area contributed by atoms with Crippen LogP contribution >= 0.6 is 11.6 Å². The normalized spacial score (nSPS) is 11.5. The Morgan fingerprint density at radius 2 is 1.52 bits per heavy atom. The molecule has 0 saturated heterocycles. The molecule has 27 heavy (non-hydrogen) atoms. The minimum absolute atomic E-state index is 0.409. The first kappa shape index (κ1) is 16.1. The number of carbonyl (C=O) groups excluding carboxylic acids is 1. The Kier molecular flexibility index (Phi) is 3.56. The van der Waals surface area contributed by atoms with Gasteiger partial charge in [-0.3, -0.25) is 0 Å². The average Bonchev–Trinajstić information content (AvgIpc) is 2.68. The maximum absolute atomic E-state index is 12.6. The molecule has 2 nitrogen and oxygen atoms in total. The molecule has 130 valence electrons. The van der Waals surface area contributed by atoms with Crippen molar-refractivity contribution in [2.45, 2.75) is 6.92 Å². The molecule has 0 spiro atoms. The van der Waals surface area contributed by atoms with E-state index in [2.05, 4.69) is 42.5 Å². The van der Waals surface area contributed by atoms with Crippen LogP contribution in [0.15, 0.2) is 72.8 Å². The number of hydrogen-bond donors (Lipinski definition) is 0. The summed E-state index contributed by atoms with van der Waals surface area (Å²) in [5.41, 5.74) is 1.39. The Hall–Kier alpha value is -3.10. The molecule has 0 N–H and O–H groups in total. The van der Waals surface area contributed by atoms with E-state index >= 15 is 0 Å². The van der Waals surface area contributed by atoms with Gasteiger partial charge in [0.05, 0.1) is 5.56 Å². The second-order valence-corrected chi connectivity index (χ2v) is 7.19. The number of esters is 1. The van der Waals surface area contributed by atoms with Gasteiger partial charge in [-0.2, -0.15) is 0 Å². The van der Waals surface area contributed by atoms with Crippen LogP contribution in [0.25, 0.3) is 32.3 Å². The topological polar surface area (TPSA) is 26.3 Å². The van der Waals surface area contributed by atoms with Gasteiger partial charge in [-0.15, -0.1) is 0 Å². The maximum atomic E-state index is 12.6. The maximum Gasteiger partial charge on any atom is 0.343 e. The zero-order valence-electron chi connectivity index (χ0n) is 14.6. The molecular formula is C24H15ClO2. The van der Waals surface area contributed by atoms with E-state index in [-0.39, 0.29) is 0 Å². The van der Waals surface area contributed by atoms with Crippen molar-refractivity contribution in [3.05, 3.63) is 88.9 Å². The second-order valence-electron chi connectivity index (χ2n) is 6.76. The quantitative estimate of drug-likeness (QED) is 0.195. The van der Waals surface area contributed by atoms with Gasteiger partial charge in [-0.1, -0.05) is 60.1 Å². The molecule has 0 aliphatic heterocycles. The first-order chi connectivity index (χ1) is 13.1. The molecular weight excluding hydrogens is 356 g/mol. The van der Waals surface area contributed by atoms with Gasteiger partial charge in [0.2, 0.25) is 0 Å². The lowest BCUT2D eigenvalue weighted by Crippen LogP contribution is -2.09. The molecule has 5 aromatic rings. The van der Waals surface area contributed by atoms with E-state index in [1.54, 1.807) is 24.3 Å². The average molecular weight is 371 g/mol. The molecule has 0 atom stereocenters. The predicted molar refractivity (Wildman–Crippen MR) is 111 cm³/mol. The zero-order chi connectivity index (χ0) is 18.5. The highest BCUT2D eigenvalue weighted by Gasteiger charge is 2.16. The number of carbonyl (C=O) groups is 1. The van der Waals surface area contributed by atoms with E-state index in [0.29, 0.717) is 16.3 Å². The highest BCUT2D eigenvalue weighted by atomic mass is 35.5. The van der Waals surface area contributed by atoms with Crippen molar-refractivity contribution < 1.29 is 9.53 Å². The summed E-state index contributed by atoms with van der Waals surface area (Å²) in [5.74, 6) is 0.166. The number of halogens is 1. The molecule has 0 unspecified atom stereocenters. The Morgan fingerprint density at radius 1 is 0.815 bits per heavy atom. The summed E-state index contributed by atoms with van der Waals surface area (Å²) in [4.78, 5) is 12.6. The molecule has 0 aliphatic rings. The smallest absolute Gasteiger partial charge is 0.343 e. The summed E-state index contributed by atoms with van der Waals surface area (Å²) in [6.07, 6.45) is 0. The Morgan fingerprint density at radius 3 is 2.30 bits per heavy atom. The fraction of sp³-hybridized carbons (Fsp3) is 0.0417. The number of rotatable bonds is 2. The van der Waals surface area contributed by atoms with E-state index in [9.17, 15) is 4.79 Å². The van der Waals surface area contributed by atoms with Crippen molar-refractivity contribution in [2.75, 3.05) is 0 Å². The molecule has 0 amide bonds. The van der Waals surface area contributed by atoms with Gasteiger partial charge in [0.15, 0.2) is 0 Å². The summed E-state index contributed by atoms with van der Waals surface area (Å²) >= 11 is 5.99. The largest absolute Gasteiger partial charge is 0.423 e. The molecule has 5 aromatic carbocycles. The van der Waals surface area contributed by atoms with Crippen LogP contribution in [0.3, 0.4) is 0 Å². The van der Waals surface area contributed by atoms with Crippen molar-refractivity contribution in [3.63, 3.8) is 0 Å². The molecule has 0 saturated carbocycles. The SMILES string of the molecule is Cc1c(OC(=O)c2cccc(Cl)c2)cc2ccc3cccc4ccc1c2c34. The van der Waals surface area contributed by atoms with Crippen molar-refractivity contribution in [3.8, 4) is 5.75 Å². The molecule has 0 radical (unpaired) electrons. The number of hydrogen-bond acceptors (Lipinski definition) is 2. The van der Waals surface area contributed by atoms with Crippen LogP contribution in [0.2, 0.25) is 5.02 Å². The van der Waals surface area contributed by atoms with E-state index in [0.717, 1.165) is 16.3 Å². The monoisotopic (exact) mass is 370 g/mol. The minimum Gasteiger partial charge on any atom is -0.423 e. The van der Waals surface area contributed by atoms with Crippen LogP contribution in [0.4, 0.5) is 0 Å². The van der Waals surface area contributed by atoms with Gasteiger partial charge < -0.3 is 4.74 Å². The van der Waals surface area contributed by atoms with E-state index < -0.39 is 5.97 Å². The Labute approximate surface area is 161 Å². The summed E-state index contributed by atoms with van der Waals surface area (Å²) in [7, 11) is 0. The number of ether oxygens (including phenoxy) is 1. The van der Waals surface area contributed by atoms with Gasteiger partial charge in [-0.05, 0) is 69.1 Å². The zero-order valence-corrected chi connectivity index (χ0v) is 15.4. The van der Waals surface area contributed by atoms with Crippen LogP contribution in [-0.2, 0) is 0 Å².